The summed E-state index contributed by atoms with van der Waals surface area (Å²) in [5.74, 6) is 0. The van der Waals surface area contributed by atoms with E-state index in [-0.39, 0.29) is 6.54 Å². The molecule has 2 nitrogen and oxygen atoms in total. The second-order valence-corrected chi connectivity index (χ2v) is 2.97. The van der Waals surface area contributed by atoms with Crippen LogP contribution in [0, 0.1) is 0 Å². The van der Waals surface area contributed by atoms with E-state index in [1.165, 1.54) is 0 Å². The van der Waals surface area contributed by atoms with Crippen LogP contribution in [0.2, 0.25) is 0 Å². The Morgan fingerprint density at radius 1 is 1.31 bits per heavy atom. The normalized spacial score (nSPS) is 14.5. The number of rotatable bonds is 6. The Kier molecular flexibility index (Phi) is 6.07. The molecular formula is C8H16F3NO. The maximum Gasteiger partial charge on any atom is 0.390 e. The third-order valence-electron chi connectivity index (χ3n) is 1.71. The summed E-state index contributed by atoms with van der Waals surface area (Å²) < 4.78 is 34.9. The minimum atomic E-state index is -4.09. The first-order valence-corrected chi connectivity index (χ1v) is 4.41. The van der Waals surface area contributed by atoms with E-state index < -0.39 is 18.7 Å². The molecule has 0 aromatic carbocycles. The van der Waals surface area contributed by atoms with Crippen molar-refractivity contribution in [2.24, 2.45) is 0 Å². The second kappa shape index (κ2) is 6.21. The van der Waals surface area contributed by atoms with E-state index in [1.54, 1.807) is 0 Å². The van der Waals surface area contributed by atoms with Gasteiger partial charge in [0.25, 0.3) is 0 Å². The predicted octanol–water partition coefficient (Wildman–Crippen LogP) is 1.69. The van der Waals surface area contributed by atoms with Gasteiger partial charge in [0.1, 0.15) is 0 Å². The third kappa shape index (κ3) is 9.63. The second-order valence-electron chi connectivity index (χ2n) is 2.97. The summed E-state index contributed by atoms with van der Waals surface area (Å²) in [5, 5.41) is 11.7. The van der Waals surface area contributed by atoms with Crippen LogP contribution in [-0.4, -0.2) is 30.5 Å². The number of hydrogen-bond acceptors (Lipinski definition) is 2. The maximum atomic E-state index is 11.6. The molecule has 0 rings (SSSR count). The summed E-state index contributed by atoms with van der Waals surface area (Å²) >= 11 is 0. The van der Waals surface area contributed by atoms with Crippen molar-refractivity contribution in [3.05, 3.63) is 0 Å². The van der Waals surface area contributed by atoms with Crippen molar-refractivity contribution in [2.75, 3.05) is 13.1 Å². The molecule has 0 aliphatic heterocycles. The van der Waals surface area contributed by atoms with E-state index >= 15 is 0 Å². The molecular weight excluding hydrogens is 183 g/mol. The van der Waals surface area contributed by atoms with E-state index in [1.807, 2.05) is 6.92 Å². The van der Waals surface area contributed by atoms with Gasteiger partial charge in [0.05, 0.1) is 12.5 Å². The number of aliphatic hydroxyl groups is 1. The maximum absolute atomic E-state index is 11.6. The van der Waals surface area contributed by atoms with Crippen LogP contribution in [0.4, 0.5) is 13.2 Å². The number of nitrogens with one attached hydrogen (secondary N) is 1. The molecule has 0 bridgehead atoms. The lowest BCUT2D eigenvalue weighted by Crippen LogP contribution is -2.24. The van der Waals surface area contributed by atoms with Gasteiger partial charge in [0.15, 0.2) is 0 Å². The SMILES string of the molecule is CCC(O)CCNCCC(F)(F)F. The molecule has 2 N–H and O–H groups in total. The molecule has 80 valence electrons. The zero-order chi connectivity index (χ0) is 10.3. The molecule has 1 atom stereocenters. The Hall–Kier alpha value is -0.290. The Bertz CT molecular complexity index is 127. The number of alkyl halides is 3. The number of halogens is 3. The molecule has 0 aromatic heterocycles. The molecule has 1 unspecified atom stereocenters. The molecule has 13 heavy (non-hydrogen) atoms. The highest BCUT2D eigenvalue weighted by atomic mass is 19.4. The molecule has 0 radical (unpaired) electrons. The first kappa shape index (κ1) is 12.7. The van der Waals surface area contributed by atoms with Gasteiger partial charge in [-0.25, -0.2) is 0 Å². The van der Waals surface area contributed by atoms with Gasteiger partial charge in [0.2, 0.25) is 0 Å². The van der Waals surface area contributed by atoms with Gasteiger partial charge >= 0.3 is 6.18 Å². The van der Waals surface area contributed by atoms with Crippen molar-refractivity contribution in [1.29, 1.82) is 0 Å². The van der Waals surface area contributed by atoms with Gasteiger partial charge in [-0.1, -0.05) is 6.92 Å². The van der Waals surface area contributed by atoms with Crippen molar-refractivity contribution < 1.29 is 18.3 Å². The van der Waals surface area contributed by atoms with Gasteiger partial charge in [-0.2, -0.15) is 13.2 Å². The summed E-state index contributed by atoms with van der Waals surface area (Å²) in [6, 6.07) is 0. The minimum Gasteiger partial charge on any atom is -0.393 e. The lowest BCUT2D eigenvalue weighted by molar-refractivity contribution is -0.133. The highest BCUT2D eigenvalue weighted by Crippen LogP contribution is 2.17. The van der Waals surface area contributed by atoms with Crippen LogP contribution in [0.15, 0.2) is 0 Å². The highest BCUT2D eigenvalue weighted by Gasteiger charge is 2.25. The molecule has 0 aliphatic carbocycles. The molecule has 0 fully saturated rings. The van der Waals surface area contributed by atoms with E-state index in [4.69, 9.17) is 5.11 Å². The van der Waals surface area contributed by atoms with Gasteiger partial charge in [0, 0.05) is 6.54 Å². The first-order chi connectivity index (χ1) is 5.95. The Morgan fingerprint density at radius 2 is 1.92 bits per heavy atom. The van der Waals surface area contributed by atoms with Crippen LogP contribution in [0.5, 0.6) is 0 Å². The molecule has 0 saturated carbocycles. The number of hydrogen-bond donors (Lipinski definition) is 2. The summed E-state index contributed by atoms with van der Waals surface area (Å²) in [5.41, 5.74) is 0. The molecule has 0 amide bonds. The standard InChI is InChI=1S/C8H16F3NO/c1-2-7(13)3-5-12-6-4-8(9,10)11/h7,12-13H,2-6H2,1H3. The van der Waals surface area contributed by atoms with E-state index in [9.17, 15) is 13.2 Å². The van der Waals surface area contributed by atoms with Crippen LogP contribution in [0.3, 0.4) is 0 Å². The van der Waals surface area contributed by atoms with Crippen molar-refractivity contribution in [2.45, 2.75) is 38.5 Å². The largest absolute Gasteiger partial charge is 0.393 e. The molecule has 0 heterocycles. The van der Waals surface area contributed by atoms with Crippen molar-refractivity contribution in [1.82, 2.24) is 5.32 Å². The monoisotopic (exact) mass is 199 g/mol. The summed E-state index contributed by atoms with van der Waals surface area (Å²) in [6.45, 7) is 2.20. The first-order valence-electron chi connectivity index (χ1n) is 4.41. The fourth-order valence-corrected chi connectivity index (χ4v) is 0.828. The molecule has 5 heteroatoms. The molecule has 0 aromatic rings. The third-order valence-corrected chi connectivity index (χ3v) is 1.71. The highest BCUT2D eigenvalue weighted by molar-refractivity contribution is 4.58. The van der Waals surface area contributed by atoms with Crippen molar-refractivity contribution in [3.63, 3.8) is 0 Å². The van der Waals surface area contributed by atoms with E-state index in [0.29, 0.717) is 19.4 Å². The minimum absolute atomic E-state index is 0.0695. The van der Waals surface area contributed by atoms with Crippen LogP contribution in [0.25, 0.3) is 0 Å². The Morgan fingerprint density at radius 3 is 2.38 bits per heavy atom. The lowest BCUT2D eigenvalue weighted by atomic mass is 10.2. The van der Waals surface area contributed by atoms with Crippen molar-refractivity contribution >= 4 is 0 Å². The average Bonchev–Trinajstić information content (AvgIpc) is 2.01. The molecule has 0 aliphatic rings. The van der Waals surface area contributed by atoms with Gasteiger partial charge in [-0.15, -0.1) is 0 Å². The van der Waals surface area contributed by atoms with Crippen molar-refractivity contribution in [3.8, 4) is 0 Å². The Balaban J connectivity index is 3.18. The van der Waals surface area contributed by atoms with E-state index in [2.05, 4.69) is 5.32 Å². The zero-order valence-electron chi connectivity index (χ0n) is 7.69. The van der Waals surface area contributed by atoms with E-state index in [0.717, 1.165) is 0 Å². The van der Waals surface area contributed by atoms with Crippen LogP contribution in [0.1, 0.15) is 26.2 Å². The Labute approximate surface area is 76.1 Å². The van der Waals surface area contributed by atoms with Gasteiger partial charge in [-0.3, -0.25) is 0 Å². The fourth-order valence-electron chi connectivity index (χ4n) is 0.828. The fraction of sp³-hybridized carbons (Fsp3) is 1.00. The smallest absolute Gasteiger partial charge is 0.390 e. The average molecular weight is 199 g/mol. The molecule has 0 spiro atoms. The lowest BCUT2D eigenvalue weighted by Gasteiger charge is -2.09. The van der Waals surface area contributed by atoms with Crippen LogP contribution < -0.4 is 5.32 Å². The summed E-state index contributed by atoms with van der Waals surface area (Å²) in [7, 11) is 0. The van der Waals surface area contributed by atoms with Gasteiger partial charge < -0.3 is 10.4 Å². The quantitative estimate of drug-likeness (QED) is 0.638. The van der Waals surface area contributed by atoms with Crippen LogP contribution >= 0.6 is 0 Å². The summed E-state index contributed by atoms with van der Waals surface area (Å²) in [6.07, 6.45) is -4.15. The molecule has 0 saturated heterocycles. The topological polar surface area (TPSA) is 32.3 Å². The zero-order valence-corrected chi connectivity index (χ0v) is 7.69. The van der Waals surface area contributed by atoms with Crippen LogP contribution in [-0.2, 0) is 0 Å². The van der Waals surface area contributed by atoms with Gasteiger partial charge in [-0.05, 0) is 19.4 Å². The number of aliphatic hydroxyl groups excluding tert-OH is 1. The predicted molar refractivity (Wildman–Crippen MR) is 44.5 cm³/mol. The summed E-state index contributed by atoms with van der Waals surface area (Å²) in [4.78, 5) is 0.